The molecule has 4 nitrogen and oxygen atoms in total. The van der Waals surface area contributed by atoms with Crippen molar-refractivity contribution >= 4 is 17.4 Å². The molecule has 1 heterocycles. The maximum atomic E-state index is 12.3. The second-order valence-corrected chi connectivity index (χ2v) is 6.30. The summed E-state index contributed by atoms with van der Waals surface area (Å²) in [5, 5.41) is 6.13. The Morgan fingerprint density at radius 2 is 2.09 bits per heavy atom. The van der Waals surface area contributed by atoms with Crippen molar-refractivity contribution in [2.75, 3.05) is 13.1 Å². The molecular formula is C17H23N3OS. The molecule has 0 aliphatic carbocycles. The summed E-state index contributed by atoms with van der Waals surface area (Å²) in [5.74, 6) is 0.234. The number of hydrogen-bond acceptors (Lipinski definition) is 3. The predicted octanol–water partition coefficient (Wildman–Crippen LogP) is 3.79. The Morgan fingerprint density at radius 1 is 1.36 bits per heavy atom. The molecule has 0 fully saturated rings. The van der Waals surface area contributed by atoms with Crippen LogP contribution in [-0.2, 0) is 6.54 Å². The first-order valence-corrected chi connectivity index (χ1v) is 8.46. The van der Waals surface area contributed by atoms with E-state index in [4.69, 9.17) is 0 Å². The third-order valence-electron chi connectivity index (χ3n) is 3.50. The van der Waals surface area contributed by atoms with Crippen LogP contribution in [0.5, 0.6) is 0 Å². The van der Waals surface area contributed by atoms with Gasteiger partial charge in [0.15, 0.2) is 0 Å². The normalized spacial score (nSPS) is 12.0. The number of rotatable bonds is 6. The second kappa shape index (κ2) is 7.94. The summed E-state index contributed by atoms with van der Waals surface area (Å²) in [4.78, 5) is 18.6. The molecule has 0 aliphatic rings. The third kappa shape index (κ3) is 4.56. The lowest BCUT2D eigenvalue weighted by Gasteiger charge is -2.22. The van der Waals surface area contributed by atoms with Gasteiger partial charge in [0, 0.05) is 36.6 Å². The first-order valence-electron chi connectivity index (χ1n) is 7.59. The van der Waals surface area contributed by atoms with Crippen LogP contribution in [0.15, 0.2) is 35.7 Å². The third-order valence-corrected chi connectivity index (χ3v) is 4.70. The topological polar surface area (TPSA) is 45.2 Å². The Morgan fingerprint density at radius 3 is 2.68 bits per heavy atom. The van der Waals surface area contributed by atoms with E-state index in [0.717, 1.165) is 16.3 Å². The van der Waals surface area contributed by atoms with Gasteiger partial charge in [-0.05, 0) is 19.4 Å². The van der Waals surface area contributed by atoms with Gasteiger partial charge in [0.05, 0.1) is 5.01 Å². The lowest BCUT2D eigenvalue weighted by Crippen LogP contribution is -2.40. The van der Waals surface area contributed by atoms with E-state index >= 15 is 0 Å². The number of benzene rings is 1. The average molecular weight is 317 g/mol. The summed E-state index contributed by atoms with van der Waals surface area (Å²) in [6.07, 6.45) is 0. The summed E-state index contributed by atoms with van der Waals surface area (Å²) in [6.45, 7) is 8.00. The van der Waals surface area contributed by atoms with Gasteiger partial charge in [-0.1, -0.05) is 37.3 Å². The first-order chi connectivity index (χ1) is 10.6. The molecule has 1 aromatic heterocycles. The van der Waals surface area contributed by atoms with E-state index < -0.39 is 0 Å². The molecule has 0 aliphatic heterocycles. The highest BCUT2D eigenvalue weighted by Gasteiger charge is 2.15. The van der Waals surface area contributed by atoms with Crippen molar-refractivity contribution in [1.29, 1.82) is 0 Å². The van der Waals surface area contributed by atoms with E-state index in [1.54, 1.807) is 11.3 Å². The quantitative estimate of drug-likeness (QED) is 0.881. The highest BCUT2D eigenvalue weighted by molar-refractivity contribution is 7.09. The molecule has 1 unspecified atom stereocenters. The molecular weight excluding hydrogens is 294 g/mol. The van der Waals surface area contributed by atoms with Crippen molar-refractivity contribution in [2.45, 2.75) is 33.2 Å². The number of aromatic nitrogens is 1. The van der Waals surface area contributed by atoms with Gasteiger partial charge in [-0.25, -0.2) is 9.78 Å². The highest BCUT2D eigenvalue weighted by atomic mass is 32.1. The summed E-state index contributed by atoms with van der Waals surface area (Å²) in [7, 11) is 0. The number of urea groups is 1. The molecule has 2 rings (SSSR count). The van der Waals surface area contributed by atoms with Crippen molar-refractivity contribution < 1.29 is 4.79 Å². The minimum absolute atomic E-state index is 0.0218. The van der Waals surface area contributed by atoms with Crippen LogP contribution in [0.2, 0.25) is 0 Å². The van der Waals surface area contributed by atoms with E-state index in [1.165, 1.54) is 0 Å². The standard InChI is InChI=1S/C17H23N3OS/c1-4-20(11-15-8-6-5-7-9-15)17(21)18-10-13(2)16-19-14(3)12-22-16/h5-9,12-13H,4,10-11H2,1-3H3,(H,18,21). The fraction of sp³-hybridized carbons (Fsp3) is 0.412. The molecule has 118 valence electrons. The Hall–Kier alpha value is -1.88. The van der Waals surface area contributed by atoms with Crippen LogP contribution in [0.25, 0.3) is 0 Å². The van der Waals surface area contributed by atoms with E-state index in [2.05, 4.69) is 17.2 Å². The summed E-state index contributed by atoms with van der Waals surface area (Å²) >= 11 is 1.65. The van der Waals surface area contributed by atoms with E-state index in [1.807, 2.05) is 54.5 Å². The molecule has 0 radical (unpaired) electrons. The molecule has 1 atom stereocenters. The fourth-order valence-electron chi connectivity index (χ4n) is 2.17. The van der Waals surface area contributed by atoms with Gasteiger partial charge in [-0.15, -0.1) is 11.3 Å². The van der Waals surface area contributed by atoms with Crippen LogP contribution in [-0.4, -0.2) is 29.0 Å². The van der Waals surface area contributed by atoms with Gasteiger partial charge in [-0.3, -0.25) is 0 Å². The van der Waals surface area contributed by atoms with Crippen molar-refractivity contribution in [2.24, 2.45) is 0 Å². The SMILES string of the molecule is CCN(Cc1ccccc1)C(=O)NCC(C)c1nc(C)cs1. The Balaban J connectivity index is 1.87. The number of aryl methyl sites for hydroxylation is 1. The second-order valence-electron chi connectivity index (χ2n) is 5.41. The highest BCUT2D eigenvalue weighted by Crippen LogP contribution is 2.19. The molecule has 0 saturated heterocycles. The zero-order chi connectivity index (χ0) is 15.9. The van der Waals surface area contributed by atoms with Crippen LogP contribution in [0.1, 0.15) is 36.0 Å². The summed E-state index contributed by atoms with van der Waals surface area (Å²) < 4.78 is 0. The van der Waals surface area contributed by atoms with Crippen LogP contribution < -0.4 is 5.32 Å². The van der Waals surface area contributed by atoms with E-state index in [9.17, 15) is 4.79 Å². The van der Waals surface area contributed by atoms with E-state index in [-0.39, 0.29) is 11.9 Å². The molecule has 22 heavy (non-hydrogen) atoms. The number of amides is 2. The van der Waals surface area contributed by atoms with Crippen molar-refractivity contribution in [3.63, 3.8) is 0 Å². The van der Waals surface area contributed by atoms with Crippen LogP contribution in [0, 0.1) is 6.92 Å². The number of thiazole rings is 1. The molecule has 2 aromatic rings. The summed E-state index contributed by atoms with van der Waals surface area (Å²) in [5.41, 5.74) is 2.18. The van der Waals surface area contributed by atoms with Crippen LogP contribution >= 0.6 is 11.3 Å². The van der Waals surface area contributed by atoms with Gasteiger partial charge >= 0.3 is 6.03 Å². The number of nitrogens with one attached hydrogen (secondary N) is 1. The molecule has 1 aromatic carbocycles. The van der Waals surface area contributed by atoms with Gasteiger partial charge in [0.1, 0.15) is 0 Å². The predicted molar refractivity (Wildman–Crippen MR) is 91.2 cm³/mol. The largest absolute Gasteiger partial charge is 0.337 e. The van der Waals surface area contributed by atoms with E-state index in [0.29, 0.717) is 19.6 Å². The zero-order valence-corrected chi connectivity index (χ0v) is 14.2. The number of hydrogen-bond donors (Lipinski definition) is 1. The molecule has 0 bridgehead atoms. The smallest absolute Gasteiger partial charge is 0.317 e. The van der Waals surface area contributed by atoms with Crippen molar-refractivity contribution in [3.05, 3.63) is 52.0 Å². The lowest BCUT2D eigenvalue weighted by molar-refractivity contribution is 0.197. The summed E-state index contributed by atoms with van der Waals surface area (Å²) in [6, 6.07) is 10.0. The minimum Gasteiger partial charge on any atom is -0.337 e. The number of nitrogens with zero attached hydrogens (tertiary/aromatic N) is 2. The fourth-order valence-corrected chi connectivity index (χ4v) is 3.03. The van der Waals surface area contributed by atoms with Gasteiger partial charge in [0.2, 0.25) is 0 Å². The average Bonchev–Trinajstić information content (AvgIpc) is 2.97. The molecule has 0 spiro atoms. The van der Waals surface area contributed by atoms with Crippen molar-refractivity contribution in [1.82, 2.24) is 15.2 Å². The monoisotopic (exact) mass is 317 g/mol. The maximum absolute atomic E-state index is 12.3. The van der Waals surface area contributed by atoms with Gasteiger partial charge in [-0.2, -0.15) is 0 Å². The number of carbonyl (C=O) groups is 1. The van der Waals surface area contributed by atoms with Gasteiger partial charge < -0.3 is 10.2 Å². The number of carbonyl (C=O) groups excluding carboxylic acids is 1. The Kier molecular flexibility index (Phi) is 5.95. The molecule has 5 heteroatoms. The first kappa shape index (κ1) is 16.5. The Bertz CT molecular complexity index is 597. The molecule has 2 amide bonds. The van der Waals surface area contributed by atoms with Crippen LogP contribution in [0.3, 0.4) is 0 Å². The van der Waals surface area contributed by atoms with Crippen LogP contribution in [0.4, 0.5) is 4.79 Å². The van der Waals surface area contributed by atoms with Gasteiger partial charge in [0.25, 0.3) is 0 Å². The lowest BCUT2D eigenvalue weighted by atomic mass is 10.2. The maximum Gasteiger partial charge on any atom is 0.317 e. The van der Waals surface area contributed by atoms with Crippen molar-refractivity contribution in [3.8, 4) is 0 Å². The molecule has 1 N–H and O–H groups in total. The zero-order valence-electron chi connectivity index (χ0n) is 13.4. The Labute approximate surface area is 136 Å². The minimum atomic E-state index is -0.0218. The molecule has 0 saturated carbocycles.